The van der Waals surface area contributed by atoms with Gasteiger partial charge in [-0.25, -0.2) is 9.50 Å². The molecule has 1 saturated carbocycles. The Morgan fingerprint density at radius 3 is 3.12 bits per heavy atom. The first-order chi connectivity index (χ1) is 7.74. The van der Waals surface area contributed by atoms with Crippen LogP contribution in [0.2, 0.25) is 0 Å². The Kier molecular flexibility index (Phi) is 2.14. The smallest absolute Gasteiger partial charge is 0.252 e. The second-order valence-electron chi connectivity index (χ2n) is 4.47. The van der Waals surface area contributed by atoms with Crippen LogP contribution < -0.4 is 0 Å². The van der Waals surface area contributed by atoms with Crippen LogP contribution in [-0.4, -0.2) is 30.8 Å². The topological polar surface area (TPSA) is 63.3 Å². The zero-order valence-electron chi connectivity index (χ0n) is 9.17. The average molecular weight is 218 g/mol. The molecule has 1 aliphatic rings. The maximum atomic E-state index is 9.95. The molecular formula is C11H14N4O. The van der Waals surface area contributed by atoms with E-state index in [1.807, 2.05) is 13.0 Å². The summed E-state index contributed by atoms with van der Waals surface area (Å²) < 4.78 is 1.71. The van der Waals surface area contributed by atoms with Gasteiger partial charge >= 0.3 is 0 Å². The van der Waals surface area contributed by atoms with Crippen LogP contribution in [0, 0.1) is 12.8 Å². The van der Waals surface area contributed by atoms with E-state index in [0.717, 1.165) is 24.2 Å². The van der Waals surface area contributed by atoms with Gasteiger partial charge in [0.2, 0.25) is 0 Å². The molecule has 1 fully saturated rings. The number of rotatable bonds is 3. The van der Waals surface area contributed by atoms with Crippen molar-refractivity contribution >= 4 is 5.78 Å². The molecule has 3 rings (SSSR count). The van der Waals surface area contributed by atoms with Gasteiger partial charge in [-0.15, -0.1) is 0 Å². The molecule has 2 aromatic rings. The van der Waals surface area contributed by atoms with Crippen LogP contribution in [0.15, 0.2) is 12.4 Å². The Morgan fingerprint density at radius 2 is 2.38 bits per heavy atom. The van der Waals surface area contributed by atoms with Crippen LogP contribution in [0.5, 0.6) is 0 Å². The van der Waals surface area contributed by atoms with Gasteiger partial charge < -0.3 is 5.11 Å². The Morgan fingerprint density at radius 1 is 1.56 bits per heavy atom. The molecular weight excluding hydrogens is 204 g/mol. The van der Waals surface area contributed by atoms with Crippen molar-refractivity contribution in [3.63, 3.8) is 0 Å². The van der Waals surface area contributed by atoms with Crippen molar-refractivity contribution in [2.45, 2.75) is 32.3 Å². The highest BCUT2D eigenvalue weighted by Crippen LogP contribution is 2.33. The van der Waals surface area contributed by atoms with E-state index < -0.39 is 0 Å². The van der Waals surface area contributed by atoms with Crippen molar-refractivity contribution in [1.29, 1.82) is 0 Å². The summed E-state index contributed by atoms with van der Waals surface area (Å²) in [6.07, 6.45) is 4.16. The summed E-state index contributed by atoms with van der Waals surface area (Å²) in [5.41, 5.74) is 1.90. The number of nitrogens with zero attached hydrogens (tertiary/aromatic N) is 4. The number of aliphatic hydroxyl groups excluding tert-OH is 1. The lowest BCUT2D eigenvalue weighted by molar-refractivity contribution is 0.150. The molecule has 1 aliphatic carbocycles. The Hall–Kier alpha value is -1.49. The molecule has 5 heteroatoms. The number of hydrogen-bond donors (Lipinski definition) is 1. The molecule has 2 heterocycles. The SMILES string of the molecule is Cc1cc(CC(O)C2CC2)n2ncnc2n1. The van der Waals surface area contributed by atoms with Gasteiger partial charge in [0, 0.05) is 12.1 Å². The van der Waals surface area contributed by atoms with Gasteiger partial charge in [0.05, 0.1) is 11.8 Å². The highest BCUT2D eigenvalue weighted by Gasteiger charge is 2.30. The summed E-state index contributed by atoms with van der Waals surface area (Å²) in [4.78, 5) is 8.34. The molecule has 0 saturated heterocycles. The second-order valence-corrected chi connectivity index (χ2v) is 4.47. The van der Waals surface area contributed by atoms with Gasteiger partial charge in [0.1, 0.15) is 6.33 Å². The van der Waals surface area contributed by atoms with Crippen molar-refractivity contribution in [3.05, 3.63) is 23.8 Å². The minimum atomic E-state index is -0.255. The highest BCUT2D eigenvalue weighted by atomic mass is 16.3. The zero-order valence-corrected chi connectivity index (χ0v) is 9.17. The lowest BCUT2D eigenvalue weighted by Gasteiger charge is -2.10. The molecule has 16 heavy (non-hydrogen) atoms. The maximum absolute atomic E-state index is 9.95. The van der Waals surface area contributed by atoms with Crippen molar-refractivity contribution < 1.29 is 5.11 Å². The van der Waals surface area contributed by atoms with Gasteiger partial charge in [-0.3, -0.25) is 0 Å². The molecule has 1 atom stereocenters. The van der Waals surface area contributed by atoms with Crippen molar-refractivity contribution in [2.75, 3.05) is 0 Å². The Labute approximate surface area is 93.2 Å². The molecule has 0 bridgehead atoms. The number of fused-ring (bicyclic) bond motifs is 1. The van der Waals surface area contributed by atoms with E-state index in [9.17, 15) is 5.11 Å². The third-order valence-electron chi connectivity index (χ3n) is 3.04. The predicted molar refractivity (Wildman–Crippen MR) is 58.0 cm³/mol. The zero-order chi connectivity index (χ0) is 11.1. The van der Waals surface area contributed by atoms with Gasteiger partial charge in [-0.2, -0.15) is 10.1 Å². The van der Waals surface area contributed by atoms with E-state index >= 15 is 0 Å². The standard InChI is InChI=1S/C11H14N4O/c1-7-4-9(5-10(16)8-2-3-8)15-11(14-7)12-6-13-15/h4,6,8,10,16H,2-3,5H2,1H3. The molecule has 0 aromatic carbocycles. The predicted octanol–water partition coefficient (Wildman–Crippen LogP) is 0.746. The van der Waals surface area contributed by atoms with Crippen LogP contribution >= 0.6 is 0 Å². The molecule has 84 valence electrons. The van der Waals surface area contributed by atoms with E-state index in [-0.39, 0.29) is 6.10 Å². The Bertz CT molecular complexity index is 518. The van der Waals surface area contributed by atoms with Crippen LogP contribution in [-0.2, 0) is 6.42 Å². The van der Waals surface area contributed by atoms with Crippen LogP contribution in [0.3, 0.4) is 0 Å². The third-order valence-corrected chi connectivity index (χ3v) is 3.04. The first kappa shape index (κ1) is 9.72. The van der Waals surface area contributed by atoms with Gasteiger partial charge in [0.25, 0.3) is 5.78 Å². The molecule has 5 nitrogen and oxygen atoms in total. The number of aliphatic hydroxyl groups is 1. The van der Waals surface area contributed by atoms with Crippen molar-refractivity contribution in [1.82, 2.24) is 19.6 Å². The number of aromatic nitrogens is 4. The van der Waals surface area contributed by atoms with Gasteiger partial charge in [-0.05, 0) is 31.7 Å². The first-order valence-corrected chi connectivity index (χ1v) is 5.58. The van der Waals surface area contributed by atoms with E-state index in [2.05, 4.69) is 15.1 Å². The maximum Gasteiger partial charge on any atom is 0.252 e. The largest absolute Gasteiger partial charge is 0.392 e. The summed E-state index contributed by atoms with van der Waals surface area (Å²) in [6, 6.07) is 1.97. The molecule has 1 unspecified atom stereocenters. The van der Waals surface area contributed by atoms with Crippen molar-refractivity contribution in [2.24, 2.45) is 5.92 Å². The highest BCUT2D eigenvalue weighted by molar-refractivity contribution is 5.30. The molecule has 0 spiro atoms. The lowest BCUT2D eigenvalue weighted by Crippen LogP contribution is -2.16. The summed E-state index contributed by atoms with van der Waals surface area (Å²) in [6.45, 7) is 1.93. The van der Waals surface area contributed by atoms with Crippen LogP contribution in [0.25, 0.3) is 5.78 Å². The summed E-state index contributed by atoms with van der Waals surface area (Å²) >= 11 is 0. The summed E-state index contributed by atoms with van der Waals surface area (Å²) in [7, 11) is 0. The van der Waals surface area contributed by atoms with Crippen LogP contribution in [0.1, 0.15) is 24.2 Å². The fourth-order valence-electron chi connectivity index (χ4n) is 2.01. The van der Waals surface area contributed by atoms with Gasteiger partial charge in [-0.1, -0.05) is 0 Å². The second kappa shape index (κ2) is 3.52. The minimum Gasteiger partial charge on any atom is -0.392 e. The van der Waals surface area contributed by atoms with E-state index in [1.54, 1.807) is 4.52 Å². The molecule has 0 amide bonds. The summed E-state index contributed by atoms with van der Waals surface area (Å²) in [5.74, 6) is 1.09. The summed E-state index contributed by atoms with van der Waals surface area (Å²) in [5, 5.41) is 14.1. The monoisotopic (exact) mass is 218 g/mol. The van der Waals surface area contributed by atoms with E-state index in [1.165, 1.54) is 6.33 Å². The van der Waals surface area contributed by atoms with Gasteiger partial charge in [0.15, 0.2) is 0 Å². The molecule has 2 aromatic heterocycles. The normalized spacial score (nSPS) is 17.9. The quantitative estimate of drug-likeness (QED) is 0.825. The third kappa shape index (κ3) is 1.67. The fraction of sp³-hybridized carbons (Fsp3) is 0.545. The number of hydrogen-bond acceptors (Lipinski definition) is 4. The molecule has 0 radical (unpaired) electrons. The van der Waals surface area contributed by atoms with Crippen molar-refractivity contribution in [3.8, 4) is 0 Å². The van der Waals surface area contributed by atoms with E-state index in [4.69, 9.17) is 0 Å². The van der Waals surface area contributed by atoms with Crippen LogP contribution in [0.4, 0.5) is 0 Å². The van der Waals surface area contributed by atoms with E-state index in [0.29, 0.717) is 18.1 Å². The molecule has 1 N–H and O–H groups in total. The number of aryl methyl sites for hydroxylation is 1. The lowest BCUT2D eigenvalue weighted by atomic mass is 10.1. The molecule has 0 aliphatic heterocycles. The minimum absolute atomic E-state index is 0.255. The fourth-order valence-corrected chi connectivity index (χ4v) is 2.01. The Balaban J connectivity index is 1.97. The average Bonchev–Trinajstić information content (AvgIpc) is 2.98. The first-order valence-electron chi connectivity index (χ1n) is 5.58.